The first-order valence-corrected chi connectivity index (χ1v) is 5.20. The summed E-state index contributed by atoms with van der Waals surface area (Å²) in [6, 6.07) is 0. The van der Waals surface area contributed by atoms with E-state index in [0.717, 1.165) is 19.3 Å². The van der Waals surface area contributed by atoms with Crippen molar-refractivity contribution in [3.63, 3.8) is 0 Å². The Morgan fingerprint density at radius 2 is 2.14 bits per heavy atom. The predicted molar refractivity (Wildman–Crippen MR) is 57.9 cm³/mol. The molecule has 0 saturated heterocycles. The molecule has 0 fully saturated rings. The van der Waals surface area contributed by atoms with Gasteiger partial charge >= 0.3 is 5.97 Å². The number of ether oxygens (including phenoxy) is 1. The maximum atomic E-state index is 11.4. The number of esters is 1. The molecule has 3 nitrogen and oxygen atoms in total. The SMILES string of the molecule is CC/C=C(\C)C(=O)OC(CCC)NC. The number of carbonyl (C=O) groups is 1. The summed E-state index contributed by atoms with van der Waals surface area (Å²) >= 11 is 0. The Morgan fingerprint density at radius 1 is 1.50 bits per heavy atom. The maximum absolute atomic E-state index is 11.4. The molecule has 0 aromatic heterocycles. The molecule has 0 aliphatic heterocycles. The second-order valence-electron chi connectivity index (χ2n) is 3.27. The maximum Gasteiger partial charge on any atom is 0.334 e. The zero-order valence-electron chi connectivity index (χ0n) is 9.59. The normalized spacial score (nSPS) is 13.9. The second-order valence-corrected chi connectivity index (χ2v) is 3.27. The number of nitrogens with one attached hydrogen (secondary N) is 1. The first-order valence-electron chi connectivity index (χ1n) is 5.20. The van der Waals surface area contributed by atoms with E-state index in [-0.39, 0.29) is 12.2 Å². The molecule has 0 saturated carbocycles. The highest BCUT2D eigenvalue weighted by molar-refractivity contribution is 5.87. The Kier molecular flexibility index (Phi) is 7.11. The molecule has 0 spiro atoms. The lowest BCUT2D eigenvalue weighted by Gasteiger charge is -2.16. The molecule has 1 N–H and O–H groups in total. The van der Waals surface area contributed by atoms with Gasteiger partial charge in [-0.3, -0.25) is 5.32 Å². The monoisotopic (exact) mass is 199 g/mol. The van der Waals surface area contributed by atoms with E-state index in [2.05, 4.69) is 12.2 Å². The molecular formula is C11H21NO2. The second kappa shape index (κ2) is 7.56. The van der Waals surface area contributed by atoms with E-state index in [0.29, 0.717) is 5.57 Å². The van der Waals surface area contributed by atoms with Crippen LogP contribution in [0.3, 0.4) is 0 Å². The van der Waals surface area contributed by atoms with E-state index >= 15 is 0 Å². The van der Waals surface area contributed by atoms with Crippen LogP contribution < -0.4 is 5.32 Å². The highest BCUT2D eigenvalue weighted by Gasteiger charge is 2.12. The average Bonchev–Trinajstić information content (AvgIpc) is 2.17. The lowest BCUT2D eigenvalue weighted by molar-refractivity contribution is -0.145. The number of hydrogen-bond donors (Lipinski definition) is 1. The van der Waals surface area contributed by atoms with Gasteiger partial charge in [0.05, 0.1) is 0 Å². The standard InChI is InChI=1S/C11H21NO2/c1-5-7-9(3)11(13)14-10(12-4)8-6-2/h7,10,12H,5-6,8H2,1-4H3/b9-7+. The van der Waals surface area contributed by atoms with Crippen LogP contribution in [0.1, 0.15) is 40.0 Å². The first kappa shape index (κ1) is 13.2. The molecular weight excluding hydrogens is 178 g/mol. The van der Waals surface area contributed by atoms with E-state index in [1.165, 1.54) is 0 Å². The fourth-order valence-corrected chi connectivity index (χ4v) is 1.14. The smallest absolute Gasteiger partial charge is 0.334 e. The molecule has 0 aromatic carbocycles. The summed E-state index contributed by atoms with van der Waals surface area (Å²) in [5.74, 6) is -0.223. The van der Waals surface area contributed by atoms with Crippen LogP contribution in [0.4, 0.5) is 0 Å². The summed E-state index contributed by atoms with van der Waals surface area (Å²) in [7, 11) is 1.80. The van der Waals surface area contributed by atoms with E-state index in [1.807, 2.05) is 13.0 Å². The highest BCUT2D eigenvalue weighted by atomic mass is 16.6. The van der Waals surface area contributed by atoms with Crippen molar-refractivity contribution in [2.45, 2.75) is 46.3 Å². The number of rotatable bonds is 6. The van der Waals surface area contributed by atoms with Gasteiger partial charge < -0.3 is 4.74 Å². The van der Waals surface area contributed by atoms with Crippen molar-refractivity contribution in [1.82, 2.24) is 5.32 Å². The van der Waals surface area contributed by atoms with Gasteiger partial charge in [0, 0.05) is 5.57 Å². The minimum atomic E-state index is -0.223. The summed E-state index contributed by atoms with van der Waals surface area (Å²) in [4.78, 5) is 11.4. The van der Waals surface area contributed by atoms with Crippen LogP contribution in [0.5, 0.6) is 0 Å². The van der Waals surface area contributed by atoms with Crippen LogP contribution in [0.25, 0.3) is 0 Å². The van der Waals surface area contributed by atoms with Crippen molar-refractivity contribution in [2.75, 3.05) is 7.05 Å². The summed E-state index contributed by atoms with van der Waals surface area (Å²) in [5.41, 5.74) is 0.684. The predicted octanol–water partition coefficient (Wildman–Crippen LogP) is 2.23. The number of carbonyl (C=O) groups excluding carboxylic acids is 1. The quantitative estimate of drug-likeness (QED) is 0.405. The fourth-order valence-electron chi connectivity index (χ4n) is 1.14. The van der Waals surface area contributed by atoms with Crippen LogP contribution in [0.2, 0.25) is 0 Å². The number of allylic oxidation sites excluding steroid dienone is 1. The van der Waals surface area contributed by atoms with Crippen LogP contribution in [-0.4, -0.2) is 19.2 Å². The molecule has 0 rings (SSSR count). The van der Waals surface area contributed by atoms with Gasteiger partial charge in [-0.25, -0.2) is 4.79 Å². The topological polar surface area (TPSA) is 38.3 Å². The van der Waals surface area contributed by atoms with Crippen molar-refractivity contribution in [1.29, 1.82) is 0 Å². The van der Waals surface area contributed by atoms with Crippen molar-refractivity contribution in [2.24, 2.45) is 0 Å². The molecule has 0 bridgehead atoms. The number of hydrogen-bond acceptors (Lipinski definition) is 3. The molecule has 0 radical (unpaired) electrons. The highest BCUT2D eigenvalue weighted by Crippen LogP contribution is 2.04. The molecule has 1 atom stereocenters. The van der Waals surface area contributed by atoms with E-state index in [4.69, 9.17) is 4.74 Å². The van der Waals surface area contributed by atoms with Crippen molar-refractivity contribution < 1.29 is 9.53 Å². The molecule has 3 heteroatoms. The van der Waals surface area contributed by atoms with Gasteiger partial charge in [-0.15, -0.1) is 0 Å². The van der Waals surface area contributed by atoms with Gasteiger partial charge in [0.2, 0.25) is 0 Å². The fraction of sp³-hybridized carbons (Fsp3) is 0.727. The molecule has 14 heavy (non-hydrogen) atoms. The average molecular weight is 199 g/mol. The minimum absolute atomic E-state index is 0.160. The zero-order chi connectivity index (χ0) is 11.0. The summed E-state index contributed by atoms with van der Waals surface area (Å²) in [5, 5.41) is 2.96. The zero-order valence-corrected chi connectivity index (χ0v) is 9.59. The van der Waals surface area contributed by atoms with E-state index in [9.17, 15) is 4.79 Å². The van der Waals surface area contributed by atoms with Gasteiger partial charge in [0.25, 0.3) is 0 Å². The summed E-state index contributed by atoms with van der Waals surface area (Å²) in [6.07, 6.45) is 4.42. The third kappa shape index (κ3) is 5.02. The first-order chi connectivity index (χ1) is 6.65. The molecule has 0 heterocycles. The minimum Gasteiger partial charge on any atom is -0.443 e. The summed E-state index contributed by atoms with van der Waals surface area (Å²) in [6.45, 7) is 5.84. The Hall–Kier alpha value is -0.830. The van der Waals surface area contributed by atoms with Crippen LogP contribution in [-0.2, 0) is 9.53 Å². The van der Waals surface area contributed by atoms with Gasteiger partial charge in [-0.05, 0) is 26.8 Å². The molecule has 0 aliphatic rings. The molecule has 0 aromatic rings. The summed E-state index contributed by atoms with van der Waals surface area (Å²) < 4.78 is 5.24. The van der Waals surface area contributed by atoms with Gasteiger partial charge in [-0.2, -0.15) is 0 Å². The van der Waals surface area contributed by atoms with Crippen molar-refractivity contribution in [3.8, 4) is 0 Å². The van der Waals surface area contributed by atoms with Gasteiger partial charge in [-0.1, -0.05) is 26.3 Å². The molecule has 82 valence electrons. The third-order valence-corrected chi connectivity index (χ3v) is 1.95. The molecule has 0 aliphatic carbocycles. The van der Waals surface area contributed by atoms with E-state index in [1.54, 1.807) is 14.0 Å². The van der Waals surface area contributed by atoms with Crippen molar-refractivity contribution >= 4 is 5.97 Å². The third-order valence-electron chi connectivity index (χ3n) is 1.95. The van der Waals surface area contributed by atoms with Crippen molar-refractivity contribution in [3.05, 3.63) is 11.6 Å². The van der Waals surface area contributed by atoms with Gasteiger partial charge in [0.15, 0.2) is 6.23 Å². The molecule has 0 amide bonds. The lowest BCUT2D eigenvalue weighted by Crippen LogP contribution is -2.30. The van der Waals surface area contributed by atoms with Crippen LogP contribution >= 0.6 is 0 Å². The Morgan fingerprint density at radius 3 is 2.57 bits per heavy atom. The van der Waals surface area contributed by atoms with Crippen LogP contribution in [0, 0.1) is 0 Å². The van der Waals surface area contributed by atoms with Gasteiger partial charge in [0.1, 0.15) is 0 Å². The Bertz CT molecular complexity index is 199. The van der Waals surface area contributed by atoms with E-state index < -0.39 is 0 Å². The lowest BCUT2D eigenvalue weighted by atomic mass is 10.2. The molecule has 1 unspecified atom stereocenters. The Balaban J connectivity index is 4.08. The Labute approximate surface area is 86.5 Å². The largest absolute Gasteiger partial charge is 0.443 e. The van der Waals surface area contributed by atoms with Crippen LogP contribution in [0.15, 0.2) is 11.6 Å².